The number of hydrogen-bond donors (Lipinski definition) is 10. The Bertz CT molecular complexity index is 2080. The van der Waals surface area contributed by atoms with Crippen LogP contribution in [-0.2, 0) is 59.9 Å². The van der Waals surface area contributed by atoms with Crippen LogP contribution in [0.25, 0.3) is 0 Å². The summed E-state index contributed by atoms with van der Waals surface area (Å²) in [6, 6.07) is 0. The molecule has 0 heterocycles. The molecule has 1 saturated carbocycles. The van der Waals surface area contributed by atoms with Gasteiger partial charge in [0.05, 0.1) is 6.61 Å². The predicted molar refractivity (Wildman–Crippen MR) is 251 cm³/mol. The molecule has 0 aliphatic heterocycles. The normalized spacial score (nSPS) is 20.5. The fourth-order valence-corrected chi connectivity index (χ4v) is 8.32. The molecule has 0 aromatic heterocycles. The third kappa shape index (κ3) is 30.5. The minimum Gasteiger partial charge on any atom is -0.456 e. The van der Waals surface area contributed by atoms with Gasteiger partial charge in [0, 0.05) is 28.0 Å². The molecule has 23 nitrogen and oxygen atoms in total. The molecule has 27 heteroatoms. The summed E-state index contributed by atoms with van der Waals surface area (Å²) in [4.78, 5) is 91.8. The summed E-state index contributed by atoms with van der Waals surface area (Å²) in [6.07, 6.45) is -0.0635. The van der Waals surface area contributed by atoms with Crippen molar-refractivity contribution >= 4 is 43.2 Å². The first-order valence-corrected chi connectivity index (χ1v) is 25.6. The van der Waals surface area contributed by atoms with Crippen molar-refractivity contribution in [3.8, 4) is 71.5 Å². The van der Waals surface area contributed by atoms with E-state index in [0.29, 0.717) is 12.8 Å². The molecule has 1 aliphatic rings. The van der Waals surface area contributed by atoms with E-state index in [1.165, 1.54) is 38.5 Å². The van der Waals surface area contributed by atoms with E-state index in [-0.39, 0.29) is 28.3 Å². The zero-order valence-electron chi connectivity index (χ0n) is 35.3. The zero-order valence-corrected chi connectivity index (χ0v) is 38.8. The van der Waals surface area contributed by atoms with Gasteiger partial charge in [0.25, 0.3) is 0 Å². The Morgan fingerprint density at radius 1 is 0.569 bits per heavy atom. The summed E-state index contributed by atoms with van der Waals surface area (Å²) in [7, 11) is -23.2. The molecule has 1 rings (SSSR count). The van der Waals surface area contributed by atoms with Gasteiger partial charge >= 0.3 is 43.2 Å². The topological polar surface area (TPSA) is 384 Å². The number of terminal acetylenes is 1. The van der Waals surface area contributed by atoms with Crippen molar-refractivity contribution in [3.05, 3.63) is 0 Å². The first-order valence-electron chi connectivity index (χ1n) is 19.5. The molecule has 0 amide bonds. The molecule has 0 spiro atoms. The van der Waals surface area contributed by atoms with Crippen molar-refractivity contribution in [1.29, 1.82) is 0 Å². The molecule has 65 heavy (non-hydrogen) atoms. The fraction of sp³-hybridized carbons (Fsp3) is 0.632. The van der Waals surface area contributed by atoms with Crippen molar-refractivity contribution in [2.45, 2.75) is 140 Å². The molecule has 12 N–H and O–H groups in total. The number of aliphatic hydroxyl groups is 2. The second-order valence-electron chi connectivity index (χ2n) is 13.6. The number of esters is 2. The van der Waals surface area contributed by atoms with Crippen molar-refractivity contribution in [2.75, 3.05) is 13.2 Å². The lowest BCUT2D eigenvalue weighted by Crippen LogP contribution is -2.65. The van der Waals surface area contributed by atoms with Crippen LogP contribution in [-0.4, -0.2) is 112 Å². The van der Waals surface area contributed by atoms with Gasteiger partial charge in [-0.25, -0.2) is 23.1 Å². The number of aliphatic hydroxyl groups excluding tert-OH is 2. The number of rotatable bonds is 28. The Labute approximate surface area is 393 Å². The fourth-order valence-electron chi connectivity index (χ4n) is 5.67. The molecule has 0 radical (unpaired) electrons. The molecule has 0 bridgehead atoms. The van der Waals surface area contributed by atoms with Gasteiger partial charge in [0.1, 0.15) is 43.2 Å². The van der Waals surface area contributed by atoms with E-state index < -0.39 is 99.2 Å². The number of hydrogen-bond acceptors (Lipinski definition) is 16. The highest BCUT2D eigenvalue weighted by atomic mass is 31.2. The predicted octanol–water partition coefficient (Wildman–Crippen LogP) is 5.11. The summed E-state index contributed by atoms with van der Waals surface area (Å²) in [6.45, 7) is 0.186. The molecule has 1 fully saturated rings. The Kier molecular flexibility index (Phi) is 30.7. The largest absolute Gasteiger partial charge is 0.472 e. The van der Waals surface area contributed by atoms with Gasteiger partial charge in [0.2, 0.25) is 0 Å². The number of phosphoric ester groups is 4. The number of phosphoric acid groups is 4. The van der Waals surface area contributed by atoms with Gasteiger partial charge in [-0.2, -0.15) is 0 Å². The maximum absolute atomic E-state index is 13.1. The van der Waals surface area contributed by atoms with Crippen LogP contribution in [0.2, 0.25) is 0 Å². The van der Waals surface area contributed by atoms with Crippen LogP contribution >= 0.6 is 31.3 Å². The molecule has 386 valence electrons. The Morgan fingerprint density at radius 2 is 0.969 bits per heavy atom. The minimum absolute atomic E-state index is 0. The highest BCUT2D eigenvalue weighted by molar-refractivity contribution is 7.47. The van der Waals surface area contributed by atoms with Crippen LogP contribution < -0.4 is 6.15 Å². The van der Waals surface area contributed by atoms with Crippen molar-refractivity contribution in [1.82, 2.24) is 6.15 Å². The molecule has 8 atom stereocenters. The van der Waals surface area contributed by atoms with Gasteiger partial charge in [-0.15, -0.1) is 6.42 Å². The first kappa shape index (κ1) is 61.6. The van der Waals surface area contributed by atoms with Gasteiger partial charge in [-0.3, -0.25) is 27.4 Å². The zero-order chi connectivity index (χ0) is 48.2. The SMILES string of the molecule is C#CC#CC#CC#CC#CC#CC(=O)OC[C@H](COP(=O)(O)OC1C(O)[C@@H](OP(=O)(O)O)C(OP(=O)(O)O)[C@@H](OP(=O)(O)O)[C@H]1O)OC(=O)CCCCCCCCCCCCCCC.N.[HH].[HH].[HH].[HH].[HH].[HH].[HH].[HH].[HH].[HH].[HH]. The van der Waals surface area contributed by atoms with Gasteiger partial charge in [0.15, 0.2) is 6.10 Å². The van der Waals surface area contributed by atoms with E-state index in [0.717, 1.165) is 32.1 Å². The van der Waals surface area contributed by atoms with Gasteiger partial charge in [-0.05, 0) is 65.6 Å². The molecule has 0 aromatic carbocycles. The summed E-state index contributed by atoms with van der Waals surface area (Å²) < 4.78 is 81.0. The molecule has 1 aliphatic carbocycles. The second kappa shape index (κ2) is 32.3. The standard InChI is InChI=1S/C38H52O22P4.H3N.11H2/c1-3-5-7-9-11-13-15-16-17-19-21-23-25-27-32(40)56-30(28-54-31(39)26-24-22-20-18-14-12-10-8-6-4-2)29-55-64(52,53)60-35-33(41)36(57-61(43,44)45)38(59-63(49,50)51)37(34(35)42)58-62(46,47)48;;;;;;;;;;;;/h2,30,33-38,41-42H,3,5,7,9,11,13,15-17,19,21,23,25,27-29H2,1H3,(H,52,53)(H2,43,44,45)(H2,46,47,48)(H2,49,50,51);1H3;11*1H/t30-,33+,34?,35?,36+,37-,38?;;;;;;;;;;;;/m1............/s1. The first-order chi connectivity index (χ1) is 30.0. The molecule has 0 saturated heterocycles. The third-order valence-corrected chi connectivity index (χ3v) is 10.9. The second-order valence-corrected chi connectivity index (χ2v) is 18.6. The minimum atomic E-state index is -5.82. The summed E-state index contributed by atoms with van der Waals surface area (Å²) in [5.74, 6) is 22.5. The Hall–Kier alpha value is -3.38. The monoisotopic (exact) mass is 1020 g/mol. The maximum Gasteiger partial charge on any atom is 0.472 e. The maximum atomic E-state index is 13.1. The van der Waals surface area contributed by atoms with E-state index in [4.69, 9.17) is 24.9 Å². The molecule has 0 aromatic rings. The van der Waals surface area contributed by atoms with Crippen LogP contribution in [0.3, 0.4) is 0 Å². The number of carbonyl (C=O) groups excluding carboxylic acids is 2. The van der Waals surface area contributed by atoms with E-state index in [1.54, 1.807) is 0 Å². The summed E-state index contributed by atoms with van der Waals surface area (Å²) >= 11 is 0. The quantitative estimate of drug-likeness (QED) is 0.0160. The van der Waals surface area contributed by atoms with Crippen LogP contribution in [0.4, 0.5) is 0 Å². The number of carbonyl (C=O) groups is 2. The highest BCUT2D eigenvalue weighted by Crippen LogP contribution is 2.53. The van der Waals surface area contributed by atoms with Gasteiger partial charge < -0.3 is 60.1 Å². The Balaban J connectivity index is -0.000000341. The number of unbranched alkanes of at least 4 members (excludes halogenated alkanes) is 12. The van der Waals surface area contributed by atoms with E-state index >= 15 is 0 Å². The summed E-state index contributed by atoms with van der Waals surface area (Å²) in [5, 5.41) is 21.7. The molecular weight excluding hydrogens is 946 g/mol. The molecule has 4 unspecified atom stereocenters. The van der Waals surface area contributed by atoms with Crippen LogP contribution in [0, 0.1) is 71.5 Å². The lowest BCUT2D eigenvalue weighted by Gasteiger charge is -2.45. The van der Waals surface area contributed by atoms with E-state index in [9.17, 15) is 72.3 Å². The average Bonchev–Trinajstić information content (AvgIpc) is 3.18. The van der Waals surface area contributed by atoms with Crippen molar-refractivity contribution in [2.24, 2.45) is 0 Å². The van der Waals surface area contributed by atoms with Crippen LogP contribution in [0.15, 0.2) is 0 Å². The highest BCUT2D eigenvalue weighted by Gasteiger charge is 2.59. The Morgan fingerprint density at radius 3 is 1.40 bits per heavy atom. The van der Waals surface area contributed by atoms with Gasteiger partial charge in [-0.1, -0.05) is 84.0 Å². The molecular formula is C38H77NO22P4. The van der Waals surface area contributed by atoms with Crippen molar-refractivity contribution in [3.63, 3.8) is 0 Å². The van der Waals surface area contributed by atoms with Crippen LogP contribution in [0.5, 0.6) is 0 Å². The number of ether oxygens (including phenoxy) is 2. The lowest BCUT2D eigenvalue weighted by molar-refractivity contribution is -0.209. The average molecular weight is 1020 g/mol. The van der Waals surface area contributed by atoms with E-state index in [2.05, 4.69) is 79.7 Å². The van der Waals surface area contributed by atoms with E-state index in [1.807, 2.05) is 5.92 Å². The smallest absolute Gasteiger partial charge is 0.456 e. The lowest BCUT2D eigenvalue weighted by atomic mass is 9.85. The summed E-state index contributed by atoms with van der Waals surface area (Å²) in [5.41, 5.74) is 0. The third-order valence-electron chi connectivity index (χ3n) is 8.37. The van der Waals surface area contributed by atoms with Crippen LogP contribution in [0.1, 0.15) is 113 Å². The van der Waals surface area contributed by atoms with Crippen molar-refractivity contribution < 1.29 is 120 Å².